The predicted octanol–water partition coefficient (Wildman–Crippen LogP) is 2.04. The van der Waals surface area contributed by atoms with Crippen molar-refractivity contribution in [2.75, 3.05) is 13.1 Å². The maximum atomic E-state index is 13.5. The standard InChI is InChI=1S/C13H12F3NO3/c14-9-2-1-8(11(15)12(9)16)13(20)17-4-3-7(6-17)5-10(18)19/h1-2,7H,3-6H2,(H,18,19). The number of likely N-dealkylation sites (tertiary alicyclic amines) is 1. The van der Waals surface area contributed by atoms with Crippen molar-refractivity contribution in [1.82, 2.24) is 4.90 Å². The quantitative estimate of drug-likeness (QED) is 0.865. The third-order valence-corrected chi connectivity index (χ3v) is 3.30. The van der Waals surface area contributed by atoms with E-state index in [9.17, 15) is 22.8 Å². The Balaban J connectivity index is 2.13. The van der Waals surface area contributed by atoms with E-state index in [2.05, 4.69) is 0 Å². The van der Waals surface area contributed by atoms with Gasteiger partial charge < -0.3 is 10.0 Å². The van der Waals surface area contributed by atoms with E-state index < -0.39 is 34.9 Å². The Hall–Kier alpha value is -2.05. The summed E-state index contributed by atoms with van der Waals surface area (Å²) in [6.45, 7) is 0.443. The summed E-state index contributed by atoms with van der Waals surface area (Å²) in [5.74, 6) is -6.49. The van der Waals surface area contributed by atoms with Gasteiger partial charge in [-0.15, -0.1) is 0 Å². The number of hydrogen-bond donors (Lipinski definition) is 1. The van der Waals surface area contributed by atoms with Crippen molar-refractivity contribution in [3.63, 3.8) is 0 Å². The van der Waals surface area contributed by atoms with Crippen LogP contribution in [0.15, 0.2) is 12.1 Å². The molecule has 1 amide bonds. The number of aliphatic carboxylic acids is 1. The van der Waals surface area contributed by atoms with Crippen LogP contribution in [0.4, 0.5) is 13.2 Å². The van der Waals surface area contributed by atoms with E-state index in [-0.39, 0.29) is 25.4 Å². The van der Waals surface area contributed by atoms with Crippen LogP contribution in [-0.2, 0) is 4.79 Å². The number of nitrogens with zero attached hydrogens (tertiary/aromatic N) is 1. The van der Waals surface area contributed by atoms with Gasteiger partial charge in [-0.05, 0) is 24.5 Å². The molecule has 1 heterocycles. The van der Waals surface area contributed by atoms with Crippen LogP contribution >= 0.6 is 0 Å². The molecular weight excluding hydrogens is 275 g/mol. The van der Waals surface area contributed by atoms with Gasteiger partial charge in [-0.1, -0.05) is 0 Å². The zero-order chi connectivity index (χ0) is 14.9. The molecular formula is C13H12F3NO3. The molecule has 0 saturated carbocycles. The second-order valence-corrected chi connectivity index (χ2v) is 4.73. The van der Waals surface area contributed by atoms with Crippen molar-refractivity contribution in [1.29, 1.82) is 0 Å². The highest BCUT2D eigenvalue weighted by molar-refractivity contribution is 5.94. The van der Waals surface area contributed by atoms with Crippen LogP contribution in [0.2, 0.25) is 0 Å². The third kappa shape index (κ3) is 2.76. The number of amides is 1. The third-order valence-electron chi connectivity index (χ3n) is 3.30. The number of carboxylic acid groups (broad SMARTS) is 1. The van der Waals surface area contributed by atoms with Gasteiger partial charge in [0.2, 0.25) is 0 Å². The smallest absolute Gasteiger partial charge is 0.303 e. The van der Waals surface area contributed by atoms with Gasteiger partial charge in [0.1, 0.15) is 0 Å². The Labute approximate surface area is 112 Å². The molecule has 4 nitrogen and oxygen atoms in total. The minimum atomic E-state index is -1.68. The molecule has 20 heavy (non-hydrogen) atoms. The molecule has 1 fully saturated rings. The number of halogens is 3. The van der Waals surface area contributed by atoms with E-state index in [1.807, 2.05) is 0 Å². The van der Waals surface area contributed by atoms with Gasteiger partial charge in [0.15, 0.2) is 17.5 Å². The first-order valence-electron chi connectivity index (χ1n) is 6.04. The fourth-order valence-electron chi connectivity index (χ4n) is 2.29. The van der Waals surface area contributed by atoms with Gasteiger partial charge in [0, 0.05) is 19.5 Å². The Bertz CT molecular complexity index is 562. The van der Waals surface area contributed by atoms with Crippen molar-refractivity contribution in [2.45, 2.75) is 12.8 Å². The van der Waals surface area contributed by atoms with E-state index >= 15 is 0 Å². The topological polar surface area (TPSA) is 57.6 Å². The second-order valence-electron chi connectivity index (χ2n) is 4.73. The zero-order valence-electron chi connectivity index (χ0n) is 10.4. The van der Waals surface area contributed by atoms with Gasteiger partial charge in [-0.3, -0.25) is 9.59 Å². The van der Waals surface area contributed by atoms with Gasteiger partial charge in [0.25, 0.3) is 5.91 Å². The zero-order valence-corrected chi connectivity index (χ0v) is 10.4. The molecule has 1 aromatic rings. The van der Waals surface area contributed by atoms with Gasteiger partial charge in [-0.25, -0.2) is 13.2 Å². The fourth-order valence-corrected chi connectivity index (χ4v) is 2.29. The van der Waals surface area contributed by atoms with Crippen molar-refractivity contribution >= 4 is 11.9 Å². The van der Waals surface area contributed by atoms with E-state index in [1.54, 1.807) is 0 Å². The first kappa shape index (κ1) is 14.4. The molecule has 0 bridgehead atoms. The Morgan fingerprint density at radius 3 is 2.60 bits per heavy atom. The van der Waals surface area contributed by atoms with Crippen LogP contribution in [0, 0.1) is 23.4 Å². The highest BCUT2D eigenvalue weighted by Gasteiger charge is 2.30. The summed E-state index contributed by atoms with van der Waals surface area (Å²) in [4.78, 5) is 23.8. The molecule has 1 aliphatic rings. The summed E-state index contributed by atoms with van der Waals surface area (Å²) >= 11 is 0. The molecule has 7 heteroatoms. The summed E-state index contributed by atoms with van der Waals surface area (Å²) in [6.07, 6.45) is 0.410. The molecule has 108 valence electrons. The average molecular weight is 287 g/mol. The lowest BCUT2D eigenvalue weighted by molar-refractivity contribution is -0.138. The second kappa shape index (κ2) is 5.52. The van der Waals surface area contributed by atoms with Crippen molar-refractivity contribution in [3.8, 4) is 0 Å². The maximum absolute atomic E-state index is 13.5. The molecule has 1 saturated heterocycles. The number of carbonyl (C=O) groups is 2. The maximum Gasteiger partial charge on any atom is 0.303 e. The molecule has 1 unspecified atom stereocenters. The van der Waals surface area contributed by atoms with Crippen LogP contribution in [-0.4, -0.2) is 35.0 Å². The monoisotopic (exact) mass is 287 g/mol. The number of rotatable bonds is 3. The van der Waals surface area contributed by atoms with Crippen LogP contribution in [0.1, 0.15) is 23.2 Å². The van der Waals surface area contributed by atoms with Gasteiger partial charge in [0.05, 0.1) is 5.56 Å². The number of carboxylic acids is 1. The van der Waals surface area contributed by atoms with Gasteiger partial charge >= 0.3 is 5.97 Å². The largest absolute Gasteiger partial charge is 0.481 e. The minimum Gasteiger partial charge on any atom is -0.481 e. The van der Waals surface area contributed by atoms with Gasteiger partial charge in [-0.2, -0.15) is 0 Å². The fraction of sp³-hybridized carbons (Fsp3) is 0.385. The SMILES string of the molecule is O=C(O)CC1CCN(C(=O)c2ccc(F)c(F)c2F)C1. The summed E-state index contributed by atoms with van der Waals surface area (Å²) in [7, 11) is 0. The van der Waals surface area contributed by atoms with Crippen LogP contribution < -0.4 is 0 Å². The Morgan fingerprint density at radius 2 is 1.95 bits per heavy atom. The molecule has 1 atom stereocenters. The lowest BCUT2D eigenvalue weighted by atomic mass is 10.1. The highest BCUT2D eigenvalue weighted by atomic mass is 19.2. The highest BCUT2D eigenvalue weighted by Crippen LogP contribution is 2.23. The normalized spacial score (nSPS) is 18.4. The predicted molar refractivity (Wildman–Crippen MR) is 62.6 cm³/mol. The van der Waals surface area contributed by atoms with Crippen LogP contribution in [0.5, 0.6) is 0 Å². The molecule has 0 aromatic heterocycles. The first-order chi connectivity index (χ1) is 9.40. The molecule has 2 rings (SSSR count). The summed E-state index contributed by atoms with van der Waals surface area (Å²) < 4.78 is 39.4. The average Bonchev–Trinajstić information content (AvgIpc) is 2.83. The molecule has 1 aromatic carbocycles. The van der Waals surface area contributed by atoms with E-state index in [4.69, 9.17) is 5.11 Å². The minimum absolute atomic E-state index is 0.0793. The summed E-state index contributed by atoms with van der Waals surface area (Å²) in [6, 6.07) is 1.58. The molecule has 0 aliphatic carbocycles. The molecule has 0 spiro atoms. The van der Waals surface area contributed by atoms with E-state index in [0.29, 0.717) is 12.5 Å². The van der Waals surface area contributed by atoms with Crippen LogP contribution in [0.3, 0.4) is 0 Å². The number of benzene rings is 1. The van der Waals surface area contributed by atoms with E-state index in [0.717, 1.165) is 6.07 Å². The molecule has 0 radical (unpaired) electrons. The summed E-state index contributed by atoms with van der Waals surface area (Å²) in [5.41, 5.74) is -0.542. The Morgan fingerprint density at radius 1 is 1.25 bits per heavy atom. The first-order valence-corrected chi connectivity index (χ1v) is 6.04. The van der Waals surface area contributed by atoms with E-state index in [1.165, 1.54) is 4.90 Å². The van der Waals surface area contributed by atoms with Crippen LogP contribution in [0.25, 0.3) is 0 Å². The molecule has 1 aliphatic heterocycles. The van der Waals surface area contributed by atoms with Crippen molar-refractivity contribution in [2.24, 2.45) is 5.92 Å². The Kier molecular flexibility index (Phi) is 3.96. The molecule has 1 N–H and O–H groups in total. The van der Waals surface area contributed by atoms with Crippen molar-refractivity contribution < 1.29 is 27.9 Å². The number of carbonyl (C=O) groups excluding carboxylic acids is 1. The van der Waals surface area contributed by atoms with Crippen molar-refractivity contribution in [3.05, 3.63) is 35.1 Å². The lowest BCUT2D eigenvalue weighted by Crippen LogP contribution is -2.30. The number of hydrogen-bond acceptors (Lipinski definition) is 2. The lowest BCUT2D eigenvalue weighted by Gasteiger charge is -2.16. The summed E-state index contributed by atoms with van der Waals surface area (Å²) in [5, 5.41) is 8.67.